The summed E-state index contributed by atoms with van der Waals surface area (Å²) < 4.78 is 10.2. The van der Waals surface area contributed by atoms with E-state index in [4.69, 9.17) is 9.47 Å². The second-order valence-corrected chi connectivity index (χ2v) is 3.98. The van der Waals surface area contributed by atoms with Crippen molar-refractivity contribution in [3.05, 3.63) is 30.0 Å². The van der Waals surface area contributed by atoms with Gasteiger partial charge in [-0.2, -0.15) is 5.10 Å². The van der Waals surface area contributed by atoms with Crippen molar-refractivity contribution in [1.29, 1.82) is 0 Å². The number of aromatic hydroxyl groups is 1. The van der Waals surface area contributed by atoms with Gasteiger partial charge in [0.1, 0.15) is 23.1 Å². The van der Waals surface area contributed by atoms with Crippen LogP contribution in [-0.4, -0.2) is 41.2 Å². The van der Waals surface area contributed by atoms with Crippen molar-refractivity contribution in [1.82, 2.24) is 10.2 Å². The third-order valence-electron chi connectivity index (χ3n) is 2.58. The number of aromatic amines is 1. The molecule has 0 fully saturated rings. The van der Waals surface area contributed by atoms with Crippen LogP contribution in [0.1, 0.15) is 10.4 Å². The first-order valence-corrected chi connectivity index (χ1v) is 5.92. The van der Waals surface area contributed by atoms with Gasteiger partial charge in [-0.25, -0.2) is 0 Å². The van der Waals surface area contributed by atoms with Crippen LogP contribution >= 0.6 is 0 Å². The highest BCUT2D eigenvalue weighted by Gasteiger charge is 2.13. The van der Waals surface area contributed by atoms with Crippen molar-refractivity contribution in [2.75, 3.05) is 19.0 Å². The molecule has 0 aliphatic heterocycles. The van der Waals surface area contributed by atoms with Crippen LogP contribution in [0.2, 0.25) is 0 Å². The number of anilines is 1. The zero-order valence-corrected chi connectivity index (χ0v) is 11.1. The van der Waals surface area contributed by atoms with E-state index in [-0.39, 0.29) is 23.7 Å². The Bertz CT molecular complexity index is 640. The molecule has 110 valence electrons. The second-order valence-electron chi connectivity index (χ2n) is 3.98. The van der Waals surface area contributed by atoms with Crippen LogP contribution in [-0.2, 0) is 4.79 Å². The fraction of sp³-hybridized carbons (Fsp3) is 0.154. The number of benzene rings is 1. The minimum atomic E-state index is -0.446. The van der Waals surface area contributed by atoms with E-state index in [0.29, 0.717) is 17.9 Å². The summed E-state index contributed by atoms with van der Waals surface area (Å²) in [6.07, 6.45) is 1.93. The highest BCUT2D eigenvalue weighted by Crippen LogP contribution is 2.31. The quantitative estimate of drug-likeness (QED) is 0.683. The summed E-state index contributed by atoms with van der Waals surface area (Å²) in [5, 5.41) is 18.4. The number of aldehydes is 1. The predicted octanol–water partition coefficient (Wildman–Crippen LogP) is 0.954. The van der Waals surface area contributed by atoms with Gasteiger partial charge in [-0.1, -0.05) is 0 Å². The van der Waals surface area contributed by atoms with Gasteiger partial charge in [0.2, 0.25) is 0 Å². The molecule has 0 radical (unpaired) electrons. The van der Waals surface area contributed by atoms with Gasteiger partial charge >= 0.3 is 0 Å². The van der Waals surface area contributed by atoms with Gasteiger partial charge in [-0.05, 0) is 0 Å². The van der Waals surface area contributed by atoms with Crippen molar-refractivity contribution in [3.8, 4) is 17.2 Å². The van der Waals surface area contributed by atoms with Crippen LogP contribution in [0.25, 0.3) is 0 Å². The van der Waals surface area contributed by atoms with Gasteiger partial charge in [0.25, 0.3) is 5.91 Å². The Morgan fingerprint density at radius 2 is 2.33 bits per heavy atom. The first-order chi connectivity index (χ1) is 10.1. The molecule has 2 rings (SSSR count). The maximum absolute atomic E-state index is 11.7. The molecule has 1 aromatic carbocycles. The van der Waals surface area contributed by atoms with Crippen LogP contribution in [0.3, 0.4) is 0 Å². The molecule has 0 bridgehead atoms. The Labute approximate surface area is 119 Å². The molecule has 1 aromatic heterocycles. The summed E-state index contributed by atoms with van der Waals surface area (Å²) in [7, 11) is 1.41. The Kier molecular flexibility index (Phi) is 4.39. The molecule has 0 spiro atoms. The fourth-order valence-electron chi connectivity index (χ4n) is 1.60. The van der Waals surface area contributed by atoms with E-state index < -0.39 is 5.91 Å². The Hall–Kier alpha value is -3.03. The van der Waals surface area contributed by atoms with E-state index in [1.54, 1.807) is 6.07 Å². The summed E-state index contributed by atoms with van der Waals surface area (Å²) in [4.78, 5) is 22.6. The van der Waals surface area contributed by atoms with Crippen molar-refractivity contribution in [2.45, 2.75) is 0 Å². The molecule has 1 amide bonds. The largest absolute Gasteiger partial charge is 0.507 e. The smallest absolute Gasteiger partial charge is 0.263 e. The van der Waals surface area contributed by atoms with E-state index >= 15 is 0 Å². The first-order valence-electron chi connectivity index (χ1n) is 5.92. The van der Waals surface area contributed by atoms with E-state index in [9.17, 15) is 14.7 Å². The van der Waals surface area contributed by atoms with Gasteiger partial charge < -0.3 is 19.9 Å². The van der Waals surface area contributed by atoms with Crippen LogP contribution in [0, 0.1) is 0 Å². The average molecular weight is 291 g/mol. The zero-order valence-electron chi connectivity index (χ0n) is 11.1. The number of aromatic nitrogens is 2. The van der Waals surface area contributed by atoms with E-state index in [2.05, 4.69) is 15.5 Å². The number of nitrogens with one attached hydrogen (secondary N) is 2. The summed E-state index contributed by atoms with van der Waals surface area (Å²) in [5.41, 5.74) is -0.0508. The second kappa shape index (κ2) is 6.42. The van der Waals surface area contributed by atoms with Crippen molar-refractivity contribution < 1.29 is 24.2 Å². The minimum absolute atomic E-state index is 0.0508. The third kappa shape index (κ3) is 3.50. The van der Waals surface area contributed by atoms with E-state index in [0.717, 1.165) is 0 Å². The van der Waals surface area contributed by atoms with E-state index in [1.165, 1.54) is 25.4 Å². The monoisotopic (exact) mass is 291 g/mol. The number of H-pyrrole nitrogens is 1. The van der Waals surface area contributed by atoms with Gasteiger partial charge in [-0.3, -0.25) is 14.7 Å². The zero-order chi connectivity index (χ0) is 15.2. The van der Waals surface area contributed by atoms with Crippen LogP contribution < -0.4 is 14.8 Å². The first kappa shape index (κ1) is 14.4. The topological polar surface area (TPSA) is 114 Å². The number of carbonyl (C=O) groups excluding carboxylic acids is 2. The van der Waals surface area contributed by atoms with E-state index in [1.807, 2.05) is 0 Å². The molecule has 0 aliphatic carbocycles. The molecular formula is C13H13N3O5. The summed E-state index contributed by atoms with van der Waals surface area (Å²) in [6.45, 7) is -0.341. The maximum atomic E-state index is 11.7. The van der Waals surface area contributed by atoms with Crippen molar-refractivity contribution >= 4 is 18.0 Å². The third-order valence-corrected chi connectivity index (χ3v) is 2.58. The van der Waals surface area contributed by atoms with Gasteiger partial charge in [0.05, 0.1) is 18.9 Å². The normalized spacial score (nSPS) is 9.95. The molecule has 21 heavy (non-hydrogen) atoms. The highest BCUT2D eigenvalue weighted by atomic mass is 16.5. The number of methoxy groups -OCH3 is 1. The Balaban J connectivity index is 2.06. The number of nitrogens with zero attached hydrogens (tertiary/aromatic N) is 1. The molecule has 3 N–H and O–H groups in total. The predicted molar refractivity (Wildman–Crippen MR) is 72.8 cm³/mol. The lowest BCUT2D eigenvalue weighted by Gasteiger charge is -2.11. The summed E-state index contributed by atoms with van der Waals surface area (Å²) >= 11 is 0. The highest BCUT2D eigenvalue weighted by molar-refractivity contribution is 5.91. The SMILES string of the molecule is COc1cc(O)c(C=O)c(OCC(=O)Nc2ccn[nH]2)c1. The fourth-order valence-corrected chi connectivity index (χ4v) is 1.60. The average Bonchev–Trinajstić information content (AvgIpc) is 2.97. The molecule has 0 aliphatic rings. The number of amides is 1. The Morgan fingerprint density at radius 1 is 1.52 bits per heavy atom. The molecule has 0 atom stereocenters. The number of phenolic OH excluding ortho intramolecular Hbond substituents is 1. The summed E-state index contributed by atoms with van der Waals surface area (Å²) in [5.74, 6) is 0.0584. The maximum Gasteiger partial charge on any atom is 0.263 e. The number of carbonyl (C=O) groups is 2. The summed E-state index contributed by atoms with van der Waals surface area (Å²) in [6, 6.07) is 4.26. The molecule has 0 saturated heterocycles. The van der Waals surface area contributed by atoms with Gasteiger partial charge in [0.15, 0.2) is 12.9 Å². The molecule has 2 aromatic rings. The molecule has 1 heterocycles. The van der Waals surface area contributed by atoms with Gasteiger partial charge in [0, 0.05) is 18.2 Å². The number of phenols is 1. The number of ether oxygens (including phenoxy) is 2. The lowest BCUT2D eigenvalue weighted by Crippen LogP contribution is -2.20. The molecular weight excluding hydrogens is 278 g/mol. The van der Waals surface area contributed by atoms with Crippen LogP contribution in [0.4, 0.5) is 5.82 Å². The van der Waals surface area contributed by atoms with Crippen LogP contribution in [0.5, 0.6) is 17.2 Å². The van der Waals surface area contributed by atoms with Crippen molar-refractivity contribution in [2.24, 2.45) is 0 Å². The lowest BCUT2D eigenvalue weighted by molar-refractivity contribution is -0.118. The Morgan fingerprint density at radius 3 is 2.95 bits per heavy atom. The molecule has 8 heteroatoms. The number of hydrogen-bond acceptors (Lipinski definition) is 6. The van der Waals surface area contributed by atoms with Crippen LogP contribution in [0.15, 0.2) is 24.4 Å². The minimum Gasteiger partial charge on any atom is -0.507 e. The lowest BCUT2D eigenvalue weighted by atomic mass is 10.2. The standard InChI is InChI=1S/C13H13N3O5/c1-20-8-4-10(18)9(6-17)11(5-8)21-7-13(19)15-12-2-3-14-16-12/h2-6,18H,7H2,1H3,(H2,14,15,16,19). The number of rotatable bonds is 6. The number of hydrogen-bond donors (Lipinski definition) is 3. The van der Waals surface area contributed by atoms with Gasteiger partial charge in [-0.15, -0.1) is 0 Å². The molecule has 0 unspecified atom stereocenters. The van der Waals surface area contributed by atoms with Crippen molar-refractivity contribution in [3.63, 3.8) is 0 Å². The molecule has 8 nitrogen and oxygen atoms in total. The molecule has 0 saturated carbocycles.